The fraction of sp³-hybridized carbons (Fsp3) is 0.357. The summed E-state index contributed by atoms with van der Waals surface area (Å²) < 4.78 is 6.55. The molecule has 0 aliphatic carbocycles. The van der Waals surface area contributed by atoms with Crippen molar-refractivity contribution >= 4 is 5.97 Å². The lowest BCUT2D eigenvalue weighted by Gasteiger charge is -2.10. The molecular formula is C14H17N3O2. The van der Waals surface area contributed by atoms with Crippen LogP contribution in [0.25, 0.3) is 5.82 Å². The Morgan fingerprint density at radius 3 is 2.68 bits per heavy atom. The predicted octanol–water partition coefficient (Wildman–Crippen LogP) is 2.16. The molecule has 0 bridgehead atoms. The summed E-state index contributed by atoms with van der Waals surface area (Å²) in [5, 5.41) is 4.46. The van der Waals surface area contributed by atoms with Gasteiger partial charge < -0.3 is 4.74 Å². The molecule has 0 amide bonds. The summed E-state index contributed by atoms with van der Waals surface area (Å²) in [6.45, 7) is 5.65. The first-order chi connectivity index (χ1) is 9.06. The number of hydrogen-bond acceptors (Lipinski definition) is 4. The molecule has 0 saturated carbocycles. The van der Waals surface area contributed by atoms with Crippen LogP contribution in [0.1, 0.15) is 29.8 Å². The van der Waals surface area contributed by atoms with E-state index >= 15 is 0 Å². The average molecular weight is 259 g/mol. The van der Waals surface area contributed by atoms with Crippen molar-refractivity contribution in [3.63, 3.8) is 0 Å². The molecule has 100 valence electrons. The van der Waals surface area contributed by atoms with Crippen LogP contribution in [0.2, 0.25) is 0 Å². The third-order valence-corrected chi connectivity index (χ3v) is 3.20. The lowest BCUT2D eigenvalue weighted by molar-refractivity contribution is -0.142. The van der Waals surface area contributed by atoms with Gasteiger partial charge in [0.15, 0.2) is 5.82 Å². The first-order valence-electron chi connectivity index (χ1n) is 6.11. The van der Waals surface area contributed by atoms with E-state index < -0.39 is 0 Å². The number of esters is 1. The normalized spacial score (nSPS) is 12.2. The number of ether oxygens (including phenoxy) is 1. The third-order valence-electron chi connectivity index (χ3n) is 3.20. The van der Waals surface area contributed by atoms with Gasteiger partial charge in [0.05, 0.1) is 18.7 Å². The van der Waals surface area contributed by atoms with Crippen molar-refractivity contribution in [3.8, 4) is 5.82 Å². The summed E-state index contributed by atoms with van der Waals surface area (Å²) in [5.41, 5.74) is 2.63. The third kappa shape index (κ3) is 2.36. The van der Waals surface area contributed by atoms with Gasteiger partial charge in [0.2, 0.25) is 0 Å². The molecular weight excluding hydrogens is 242 g/mol. The Kier molecular flexibility index (Phi) is 3.64. The molecule has 0 fully saturated rings. The summed E-state index contributed by atoms with van der Waals surface area (Å²) in [7, 11) is 1.40. The van der Waals surface area contributed by atoms with Crippen molar-refractivity contribution in [2.75, 3.05) is 7.11 Å². The minimum Gasteiger partial charge on any atom is -0.469 e. The molecule has 5 nitrogen and oxygen atoms in total. The Morgan fingerprint density at radius 2 is 2.11 bits per heavy atom. The van der Waals surface area contributed by atoms with Crippen molar-refractivity contribution in [1.82, 2.24) is 14.8 Å². The molecule has 1 atom stereocenters. The van der Waals surface area contributed by atoms with Crippen LogP contribution in [0, 0.1) is 13.8 Å². The minimum absolute atomic E-state index is 0.258. The van der Waals surface area contributed by atoms with Gasteiger partial charge in [-0.25, -0.2) is 9.67 Å². The molecule has 2 rings (SSSR count). The second kappa shape index (κ2) is 5.22. The van der Waals surface area contributed by atoms with E-state index in [1.165, 1.54) is 7.11 Å². The summed E-state index contributed by atoms with van der Waals surface area (Å²) in [5.74, 6) is 0.153. The highest BCUT2D eigenvalue weighted by Gasteiger charge is 2.24. The molecule has 2 aromatic heterocycles. The zero-order valence-electron chi connectivity index (χ0n) is 11.5. The van der Waals surface area contributed by atoms with Crippen LogP contribution in [-0.4, -0.2) is 27.8 Å². The van der Waals surface area contributed by atoms with E-state index in [4.69, 9.17) is 4.74 Å². The fourth-order valence-corrected chi connectivity index (χ4v) is 2.28. The number of aromatic nitrogens is 3. The Hall–Kier alpha value is -2.17. The van der Waals surface area contributed by atoms with Gasteiger partial charge in [-0.3, -0.25) is 4.79 Å². The van der Waals surface area contributed by atoms with E-state index in [1.807, 2.05) is 39.0 Å². The maximum absolute atomic E-state index is 11.7. The highest BCUT2D eigenvalue weighted by atomic mass is 16.5. The number of carbonyl (C=O) groups excluding carboxylic acids is 1. The van der Waals surface area contributed by atoms with E-state index in [1.54, 1.807) is 10.9 Å². The van der Waals surface area contributed by atoms with Crippen LogP contribution < -0.4 is 0 Å². The van der Waals surface area contributed by atoms with Crippen LogP contribution >= 0.6 is 0 Å². The molecule has 0 saturated heterocycles. The summed E-state index contributed by atoms with van der Waals surface area (Å²) >= 11 is 0. The minimum atomic E-state index is -0.331. The quantitative estimate of drug-likeness (QED) is 0.793. The van der Waals surface area contributed by atoms with Crippen LogP contribution in [0.5, 0.6) is 0 Å². The maximum atomic E-state index is 11.7. The molecule has 5 heteroatoms. The van der Waals surface area contributed by atoms with Crippen molar-refractivity contribution in [3.05, 3.63) is 41.3 Å². The Balaban J connectivity index is 2.49. The zero-order chi connectivity index (χ0) is 14.0. The SMILES string of the molecule is COC(=O)C(C)c1c(C)nn(-c2ccccn2)c1C. The fourth-order valence-electron chi connectivity index (χ4n) is 2.28. The Morgan fingerprint density at radius 1 is 1.37 bits per heavy atom. The Bertz CT molecular complexity index is 590. The van der Waals surface area contributed by atoms with E-state index in [-0.39, 0.29) is 11.9 Å². The lowest BCUT2D eigenvalue weighted by atomic mass is 9.99. The predicted molar refractivity (Wildman–Crippen MR) is 71.3 cm³/mol. The number of pyridine rings is 1. The Labute approximate surface area is 112 Å². The maximum Gasteiger partial charge on any atom is 0.312 e. The van der Waals surface area contributed by atoms with Crippen LogP contribution in [0.3, 0.4) is 0 Å². The number of methoxy groups -OCH3 is 1. The van der Waals surface area contributed by atoms with E-state index in [2.05, 4.69) is 10.1 Å². The molecule has 0 aliphatic heterocycles. The molecule has 0 N–H and O–H groups in total. The van der Waals surface area contributed by atoms with Gasteiger partial charge in [-0.15, -0.1) is 0 Å². The monoisotopic (exact) mass is 259 g/mol. The van der Waals surface area contributed by atoms with Crippen molar-refractivity contribution < 1.29 is 9.53 Å². The van der Waals surface area contributed by atoms with Crippen LogP contribution in [-0.2, 0) is 9.53 Å². The van der Waals surface area contributed by atoms with E-state index in [0.29, 0.717) is 0 Å². The average Bonchev–Trinajstić information content (AvgIpc) is 2.73. The van der Waals surface area contributed by atoms with E-state index in [9.17, 15) is 4.79 Å². The zero-order valence-corrected chi connectivity index (χ0v) is 11.5. The molecule has 0 aliphatic rings. The van der Waals surface area contributed by atoms with Gasteiger partial charge in [-0.05, 0) is 32.9 Å². The van der Waals surface area contributed by atoms with Crippen molar-refractivity contribution in [2.45, 2.75) is 26.7 Å². The number of nitrogens with zero attached hydrogens (tertiary/aromatic N) is 3. The van der Waals surface area contributed by atoms with Gasteiger partial charge in [-0.1, -0.05) is 6.07 Å². The number of rotatable bonds is 3. The molecule has 0 aromatic carbocycles. The number of hydrogen-bond donors (Lipinski definition) is 0. The second-order valence-corrected chi connectivity index (χ2v) is 4.43. The van der Waals surface area contributed by atoms with Crippen LogP contribution in [0.4, 0.5) is 0 Å². The van der Waals surface area contributed by atoms with Crippen LogP contribution in [0.15, 0.2) is 24.4 Å². The highest BCUT2D eigenvalue weighted by molar-refractivity contribution is 5.78. The molecule has 1 unspecified atom stereocenters. The standard InChI is InChI=1S/C14H17N3O2/c1-9(14(18)19-4)13-10(2)16-17(11(13)3)12-7-5-6-8-15-12/h5-9H,1-4H3. The second-order valence-electron chi connectivity index (χ2n) is 4.43. The molecule has 2 heterocycles. The van der Waals surface area contributed by atoms with Gasteiger partial charge in [-0.2, -0.15) is 5.10 Å². The summed E-state index contributed by atoms with van der Waals surface area (Å²) in [6.07, 6.45) is 1.72. The topological polar surface area (TPSA) is 57.0 Å². The largest absolute Gasteiger partial charge is 0.469 e. The summed E-state index contributed by atoms with van der Waals surface area (Å²) in [6, 6.07) is 5.64. The van der Waals surface area contributed by atoms with Crippen molar-refractivity contribution in [1.29, 1.82) is 0 Å². The molecule has 0 radical (unpaired) electrons. The summed E-state index contributed by atoms with van der Waals surface area (Å²) in [4.78, 5) is 16.0. The highest BCUT2D eigenvalue weighted by Crippen LogP contribution is 2.25. The first-order valence-corrected chi connectivity index (χ1v) is 6.11. The lowest BCUT2D eigenvalue weighted by Crippen LogP contribution is -2.12. The van der Waals surface area contributed by atoms with E-state index in [0.717, 1.165) is 22.8 Å². The molecule has 0 spiro atoms. The van der Waals surface area contributed by atoms with Gasteiger partial charge in [0.1, 0.15) is 0 Å². The van der Waals surface area contributed by atoms with Gasteiger partial charge in [0, 0.05) is 17.5 Å². The smallest absolute Gasteiger partial charge is 0.312 e. The molecule has 2 aromatic rings. The van der Waals surface area contributed by atoms with Gasteiger partial charge in [0.25, 0.3) is 0 Å². The number of carbonyl (C=O) groups is 1. The number of aryl methyl sites for hydroxylation is 1. The first kappa shape index (κ1) is 13.3. The van der Waals surface area contributed by atoms with Crippen molar-refractivity contribution in [2.24, 2.45) is 0 Å². The van der Waals surface area contributed by atoms with Gasteiger partial charge >= 0.3 is 5.97 Å². The molecule has 19 heavy (non-hydrogen) atoms.